The van der Waals surface area contributed by atoms with Crippen molar-refractivity contribution < 1.29 is 4.74 Å². The standard InChI is InChI=1S/C24H31ClN4OS/c1-3-20-16(2)31-22-21(20)30-15-14-29(24(22)27)23(26)18-9-12-28(13-10-18)11-8-17-4-6-19(25)7-5-17/h4-7,18,26-27H,3,8-15H2,1-2H3. The highest BCUT2D eigenvalue weighted by Gasteiger charge is 2.32. The summed E-state index contributed by atoms with van der Waals surface area (Å²) in [4.78, 5) is 6.48. The van der Waals surface area contributed by atoms with Crippen molar-refractivity contribution in [2.24, 2.45) is 5.92 Å². The zero-order chi connectivity index (χ0) is 22.0. The summed E-state index contributed by atoms with van der Waals surface area (Å²) in [5.74, 6) is 2.11. The summed E-state index contributed by atoms with van der Waals surface area (Å²) in [6, 6.07) is 8.10. The van der Waals surface area contributed by atoms with E-state index >= 15 is 0 Å². The molecule has 0 spiro atoms. The maximum absolute atomic E-state index is 8.88. The zero-order valence-electron chi connectivity index (χ0n) is 18.3. The number of fused-ring (bicyclic) bond motifs is 1. The number of nitrogens with one attached hydrogen (secondary N) is 2. The van der Waals surface area contributed by atoms with Crippen molar-refractivity contribution in [2.45, 2.75) is 39.5 Å². The fraction of sp³-hybridized carbons (Fsp3) is 0.500. The van der Waals surface area contributed by atoms with Crippen LogP contribution in [0.4, 0.5) is 0 Å². The quantitative estimate of drug-likeness (QED) is 0.476. The van der Waals surface area contributed by atoms with E-state index in [9.17, 15) is 0 Å². The SMILES string of the molecule is CCc1c(C)sc2c1OCCN(C(=N)C1CCN(CCc3ccc(Cl)cc3)CC1)C2=N. The third kappa shape index (κ3) is 4.81. The van der Waals surface area contributed by atoms with Crippen molar-refractivity contribution in [1.29, 1.82) is 10.8 Å². The lowest BCUT2D eigenvalue weighted by molar-refractivity contribution is 0.206. The number of benzene rings is 1. The highest BCUT2D eigenvalue weighted by molar-refractivity contribution is 7.14. The summed E-state index contributed by atoms with van der Waals surface area (Å²) < 4.78 is 6.04. The van der Waals surface area contributed by atoms with Gasteiger partial charge in [0.2, 0.25) is 0 Å². The van der Waals surface area contributed by atoms with Gasteiger partial charge in [-0.1, -0.05) is 30.7 Å². The van der Waals surface area contributed by atoms with Gasteiger partial charge >= 0.3 is 0 Å². The minimum Gasteiger partial charge on any atom is -0.490 e. The van der Waals surface area contributed by atoms with Crippen LogP contribution in [0.25, 0.3) is 0 Å². The normalized spacial score (nSPS) is 17.9. The number of hydrogen-bond acceptors (Lipinski definition) is 5. The van der Waals surface area contributed by atoms with E-state index in [0.29, 0.717) is 24.8 Å². The number of ether oxygens (including phenoxy) is 1. The lowest BCUT2D eigenvalue weighted by Crippen LogP contribution is -2.45. The van der Waals surface area contributed by atoms with E-state index in [1.165, 1.54) is 16.0 Å². The Morgan fingerprint density at radius 3 is 2.58 bits per heavy atom. The molecule has 4 rings (SSSR count). The van der Waals surface area contributed by atoms with Crippen molar-refractivity contribution >= 4 is 34.6 Å². The van der Waals surface area contributed by atoms with Crippen molar-refractivity contribution in [3.05, 3.63) is 50.2 Å². The van der Waals surface area contributed by atoms with Gasteiger partial charge in [0.05, 0.1) is 6.54 Å². The van der Waals surface area contributed by atoms with E-state index < -0.39 is 0 Å². The molecule has 2 aliphatic rings. The number of hydrogen-bond donors (Lipinski definition) is 2. The van der Waals surface area contributed by atoms with Gasteiger partial charge in [-0.3, -0.25) is 10.8 Å². The van der Waals surface area contributed by atoms with E-state index in [-0.39, 0.29) is 5.92 Å². The minimum atomic E-state index is 0.209. The molecule has 166 valence electrons. The molecule has 0 bridgehead atoms. The monoisotopic (exact) mass is 458 g/mol. The van der Waals surface area contributed by atoms with E-state index in [0.717, 1.165) is 61.0 Å². The molecule has 0 unspecified atom stereocenters. The molecule has 1 fully saturated rings. The third-order valence-corrected chi connectivity index (χ3v) is 7.84. The fourth-order valence-corrected chi connectivity index (χ4v) is 5.85. The van der Waals surface area contributed by atoms with E-state index in [2.05, 4.69) is 30.9 Å². The molecule has 0 aliphatic carbocycles. The van der Waals surface area contributed by atoms with Gasteiger partial charge in [0.25, 0.3) is 0 Å². The summed E-state index contributed by atoms with van der Waals surface area (Å²) in [5, 5.41) is 18.5. The predicted octanol–water partition coefficient (Wildman–Crippen LogP) is 5.22. The molecule has 2 aliphatic heterocycles. The number of likely N-dealkylation sites (tertiary alicyclic amines) is 1. The molecule has 2 N–H and O–H groups in total. The maximum atomic E-state index is 8.88. The Hall–Kier alpha value is -1.89. The highest BCUT2D eigenvalue weighted by Crippen LogP contribution is 2.38. The van der Waals surface area contributed by atoms with Crippen molar-refractivity contribution in [1.82, 2.24) is 9.80 Å². The smallest absolute Gasteiger partial charge is 0.147 e. The number of halogens is 1. The molecular formula is C24H31ClN4OS. The molecule has 1 aromatic carbocycles. The first-order valence-electron chi connectivity index (χ1n) is 11.1. The van der Waals surface area contributed by atoms with Crippen LogP contribution in [0, 0.1) is 23.7 Å². The summed E-state index contributed by atoms with van der Waals surface area (Å²) in [7, 11) is 0. The van der Waals surface area contributed by atoms with Crippen molar-refractivity contribution in [3.63, 3.8) is 0 Å². The van der Waals surface area contributed by atoms with Crippen molar-refractivity contribution in [2.75, 3.05) is 32.8 Å². The molecule has 2 aromatic rings. The summed E-state index contributed by atoms with van der Waals surface area (Å²) in [6.45, 7) is 8.38. The van der Waals surface area contributed by atoms with E-state index in [1.54, 1.807) is 11.3 Å². The summed E-state index contributed by atoms with van der Waals surface area (Å²) in [5.41, 5.74) is 2.53. The van der Waals surface area contributed by atoms with Gasteiger partial charge in [-0.05, 0) is 63.4 Å². The second-order valence-electron chi connectivity index (χ2n) is 8.37. The second-order valence-corrected chi connectivity index (χ2v) is 10.0. The molecule has 1 aromatic heterocycles. The van der Waals surface area contributed by atoms with Crippen LogP contribution in [0.2, 0.25) is 5.02 Å². The topological polar surface area (TPSA) is 63.4 Å². The van der Waals surface area contributed by atoms with Crippen molar-refractivity contribution in [3.8, 4) is 5.75 Å². The van der Waals surface area contributed by atoms with Crippen LogP contribution in [0.1, 0.15) is 40.6 Å². The average molecular weight is 459 g/mol. The lowest BCUT2D eigenvalue weighted by Gasteiger charge is -2.35. The van der Waals surface area contributed by atoms with Gasteiger partial charge in [-0.25, -0.2) is 0 Å². The number of nitrogens with zero attached hydrogens (tertiary/aromatic N) is 2. The number of rotatable bonds is 5. The van der Waals surface area contributed by atoms with E-state index in [4.69, 9.17) is 27.2 Å². The van der Waals surface area contributed by atoms with Gasteiger partial charge in [0.1, 0.15) is 28.9 Å². The van der Waals surface area contributed by atoms with Gasteiger partial charge in [0, 0.05) is 27.9 Å². The Morgan fingerprint density at radius 2 is 1.90 bits per heavy atom. The minimum absolute atomic E-state index is 0.209. The van der Waals surface area contributed by atoms with Crippen LogP contribution in [0.5, 0.6) is 5.75 Å². The van der Waals surface area contributed by atoms with Gasteiger partial charge in [-0.15, -0.1) is 11.3 Å². The first-order chi connectivity index (χ1) is 15.0. The Kier molecular flexibility index (Phi) is 6.99. The predicted molar refractivity (Wildman–Crippen MR) is 130 cm³/mol. The number of piperidine rings is 1. The maximum Gasteiger partial charge on any atom is 0.147 e. The lowest BCUT2D eigenvalue weighted by atomic mass is 9.94. The molecule has 0 radical (unpaired) electrons. The molecular weight excluding hydrogens is 428 g/mol. The van der Waals surface area contributed by atoms with Crippen LogP contribution in [0.3, 0.4) is 0 Å². The fourth-order valence-electron chi connectivity index (χ4n) is 4.58. The zero-order valence-corrected chi connectivity index (χ0v) is 19.9. The number of aryl methyl sites for hydroxylation is 1. The Balaban J connectivity index is 1.34. The summed E-state index contributed by atoms with van der Waals surface area (Å²) >= 11 is 7.61. The van der Waals surface area contributed by atoms with Gasteiger partial charge < -0.3 is 14.5 Å². The van der Waals surface area contributed by atoms with Crippen LogP contribution in [-0.4, -0.2) is 54.3 Å². The molecule has 0 atom stereocenters. The molecule has 7 heteroatoms. The molecule has 1 saturated heterocycles. The highest BCUT2D eigenvalue weighted by atomic mass is 35.5. The summed E-state index contributed by atoms with van der Waals surface area (Å²) in [6.07, 6.45) is 3.88. The Bertz CT molecular complexity index is 947. The molecule has 3 heterocycles. The van der Waals surface area contributed by atoms with Crippen LogP contribution < -0.4 is 4.74 Å². The molecule has 0 saturated carbocycles. The second kappa shape index (κ2) is 9.72. The van der Waals surface area contributed by atoms with Crippen LogP contribution in [-0.2, 0) is 12.8 Å². The molecule has 5 nitrogen and oxygen atoms in total. The number of amidine groups is 2. The molecule has 0 amide bonds. The number of thiophene rings is 1. The average Bonchev–Trinajstić information content (AvgIpc) is 3.02. The first-order valence-corrected chi connectivity index (χ1v) is 12.3. The van der Waals surface area contributed by atoms with E-state index in [1.807, 2.05) is 17.0 Å². The Morgan fingerprint density at radius 1 is 1.19 bits per heavy atom. The largest absolute Gasteiger partial charge is 0.490 e. The Labute approximate surface area is 194 Å². The van der Waals surface area contributed by atoms with Crippen LogP contribution in [0.15, 0.2) is 24.3 Å². The van der Waals surface area contributed by atoms with Gasteiger partial charge in [-0.2, -0.15) is 0 Å². The molecule has 31 heavy (non-hydrogen) atoms. The van der Waals surface area contributed by atoms with Gasteiger partial charge in [0.15, 0.2) is 0 Å². The first kappa shape index (κ1) is 22.3. The van der Waals surface area contributed by atoms with Crippen LogP contribution >= 0.6 is 22.9 Å². The third-order valence-electron chi connectivity index (χ3n) is 6.46.